The van der Waals surface area contributed by atoms with Crippen molar-refractivity contribution in [1.29, 1.82) is 0 Å². The van der Waals surface area contributed by atoms with Gasteiger partial charge in [0.05, 0.1) is 0 Å². The number of rotatable bonds is 6. The van der Waals surface area contributed by atoms with Gasteiger partial charge < -0.3 is 10.6 Å². The first-order valence-corrected chi connectivity index (χ1v) is 8.95. The van der Waals surface area contributed by atoms with E-state index in [2.05, 4.69) is 48.7 Å². The number of nitrogens with one attached hydrogen (secondary N) is 2. The number of amides is 1. The maximum Gasteiger partial charge on any atom is 0.221 e. The van der Waals surface area contributed by atoms with Crippen LogP contribution in [-0.2, 0) is 4.79 Å². The molecule has 2 rings (SSSR count). The molecule has 22 heavy (non-hydrogen) atoms. The fraction of sp³-hybridized carbons (Fsp3) is 0.588. The summed E-state index contributed by atoms with van der Waals surface area (Å²) < 4.78 is 0. The van der Waals surface area contributed by atoms with E-state index in [1.54, 1.807) is 0 Å². The minimum atomic E-state index is 0. The summed E-state index contributed by atoms with van der Waals surface area (Å²) in [5.41, 5.74) is 1.30. The summed E-state index contributed by atoms with van der Waals surface area (Å²) in [6.45, 7) is 6.16. The zero-order valence-electron chi connectivity index (χ0n) is 13.4. The van der Waals surface area contributed by atoms with Gasteiger partial charge in [-0.3, -0.25) is 4.79 Å². The Morgan fingerprint density at radius 1 is 1.36 bits per heavy atom. The van der Waals surface area contributed by atoms with E-state index in [0.29, 0.717) is 24.3 Å². The lowest BCUT2D eigenvalue weighted by atomic mass is 9.88. The van der Waals surface area contributed by atoms with Crippen LogP contribution in [0.25, 0.3) is 0 Å². The van der Waals surface area contributed by atoms with Gasteiger partial charge >= 0.3 is 0 Å². The SMILES string of the molecule is CC(C)C(CNC(=O)CC1CSCCN1)c1ccccc1.Cl. The molecule has 0 aromatic heterocycles. The summed E-state index contributed by atoms with van der Waals surface area (Å²) in [5.74, 6) is 3.25. The molecular weight excluding hydrogens is 316 g/mol. The van der Waals surface area contributed by atoms with Crippen LogP contribution in [-0.4, -0.2) is 36.5 Å². The summed E-state index contributed by atoms with van der Waals surface area (Å²) in [6, 6.07) is 10.8. The highest BCUT2D eigenvalue weighted by Gasteiger charge is 2.19. The molecule has 0 saturated carbocycles. The minimum Gasteiger partial charge on any atom is -0.355 e. The molecular formula is C17H27ClN2OS. The van der Waals surface area contributed by atoms with Crippen molar-refractivity contribution < 1.29 is 4.79 Å². The van der Waals surface area contributed by atoms with Crippen molar-refractivity contribution >= 4 is 30.1 Å². The fourth-order valence-corrected chi connectivity index (χ4v) is 3.66. The monoisotopic (exact) mass is 342 g/mol. The average molecular weight is 343 g/mol. The zero-order chi connectivity index (χ0) is 15.1. The second kappa shape index (κ2) is 10.1. The number of halogens is 1. The highest BCUT2D eigenvalue weighted by molar-refractivity contribution is 7.99. The molecule has 1 fully saturated rings. The Bertz CT molecular complexity index is 436. The van der Waals surface area contributed by atoms with Gasteiger partial charge in [-0.05, 0) is 11.5 Å². The van der Waals surface area contributed by atoms with Crippen molar-refractivity contribution in [2.75, 3.05) is 24.6 Å². The summed E-state index contributed by atoms with van der Waals surface area (Å²) in [5, 5.41) is 6.53. The normalized spacial score (nSPS) is 19.3. The molecule has 1 heterocycles. The number of carbonyl (C=O) groups is 1. The largest absolute Gasteiger partial charge is 0.355 e. The molecule has 1 aliphatic rings. The molecule has 0 bridgehead atoms. The summed E-state index contributed by atoms with van der Waals surface area (Å²) in [7, 11) is 0. The van der Waals surface area contributed by atoms with E-state index in [4.69, 9.17) is 0 Å². The highest BCUT2D eigenvalue weighted by atomic mass is 35.5. The van der Waals surface area contributed by atoms with Crippen molar-refractivity contribution in [2.45, 2.75) is 32.2 Å². The van der Waals surface area contributed by atoms with E-state index in [0.717, 1.165) is 24.6 Å². The van der Waals surface area contributed by atoms with Gasteiger partial charge in [-0.1, -0.05) is 44.2 Å². The highest BCUT2D eigenvalue weighted by Crippen LogP contribution is 2.23. The molecule has 0 radical (unpaired) electrons. The molecule has 0 aliphatic carbocycles. The van der Waals surface area contributed by atoms with Crippen LogP contribution in [0.4, 0.5) is 0 Å². The standard InChI is InChI=1S/C17H26N2OS.ClH/c1-13(2)16(14-6-4-3-5-7-14)11-19-17(20)10-15-12-21-9-8-18-15;/h3-7,13,15-16,18H,8-12H2,1-2H3,(H,19,20);1H. The molecule has 2 atom stereocenters. The first-order valence-electron chi connectivity index (χ1n) is 7.79. The van der Waals surface area contributed by atoms with Crippen molar-refractivity contribution in [3.8, 4) is 0 Å². The summed E-state index contributed by atoms with van der Waals surface area (Å²) in [4.78, 5) is 12.1. The Labute approximate surface area is 144 Å². The van der Waals surface area contributed by atoms with Crippen LogP contribution in [0.3, 0.4) is 0 Å². The molecule has 2 N–H and O–H groups in total. The molecule has 1 aromatic carbocycles. The Hall–Kier alpha value is -0.710. The lowest BCUT2D eigenvalue weighted by Crippen LogP contribution is -2.42. The second-order valence-electron chi connectivity index (χ2n) is 6.00. The quantitative estimate of drug-likeness (QED) is 0.834. The van der Waals surface area contributed by atoms with Gasteiger partial charge in [-0.2, -0.15) is 11.8 Å². The smallest absolute Gasteiger partial charge is 0.221 e. The molecule has 1 amide bonds. The Kier molecular flexibility index (Phi) is 8.91. The van der Waals surface area contributed by atoms with Gasteiger partial charge in [-0.15, -0.1) is 12.4 Å². The van der Waals surface area contributed by atoms with Crippen molar-refractivity contribution in [3.63, 3.8) is 0 Å². The number of hydrogen-bond acceptors (Lipinski definition) is 3. The van der Waals surface area contributed by atoms with Crippen molar-refractivity contribution in [2.24, 2.45) is 5.92 Å². The Balaban J connectivity index is 0.00000242. The van der Waals surface area contributed by atoms with Gasteiger partial charge in [0.2, 0.25) is 5.91 Å². The zero-order valence-corrected chi connectivity index (χ0v) is 15.0. The van der Waals surface area contributed by atoms with Crippen LogP contribution < -0.4 is 10.6 Å². The van der Waals surface area contributed by atoms with Gasteiger partial charge in [-0.25, -0.2) is 0 Å². The summed E-state index contributed by atoms with van der Waals surface area (Å²) >= 11 is 1.93. The average Bonchev–Trinajstić information content (AvgIpc) is 2.49. The van der Waals surface area contributed by atoms with E-state index < -0.39 is 0 Å². The third-order valence-electron chi connectivity index (χ3n) is 3.98. The molecule has 1 aliphatic heterocycles. The van der Waals surface area contributed by atoms with Gasteiger partial charge in [0.15, 0.2) is 0 Å². The number of benzene rings is 1. The van der Waals surface area contributed by atoms with Crippen LogP contribution in [0.5, 0.6) is 0 Å². The van der Waals surface area contributed by atoms with E-state index in [9.17, 15) is 4.79 Å². The maximum absolute atomic E-state index is 12.1. The third kappa shape index (κ3) is 6.19. The van der Waals surface area contributed by atoms with Crippen LogP contribution in [0, 0.1) is 5.92 Å². The molecule has 1 aromatic rings. The molecule has 1 saturated heterocycles. The summed E-state index contributed by atoms with van der Waals surface area (Å²) in [6.07, 6.45) is 0.590. The molecule has 2 unspecified atom stereocenters. The van der Waals surface area contributed by atoms with Gasteiger partial charge in [0.1, 0.15) is 0 Å². The van der Waals surface area contributed by atoms with Crippen LogP contribution in [0.1, 0.15) is 31.7 Å². The maximum atomic E-state index is 12.1. The molecule has 3 nitrogen and oxygen atoms in total. The molecule has 0 spiro atoms. The Morgan fingerprint density at radius 2 is 2.09 bits per heavy atom. The number of carbonyl (C=O) groups excluding carboxylic acids is 1. The van der Waals surface area contributed by atoms with E-state index >= 15 is 0 Å². The van der Waals surface area contributed by atoms with Crippen molar-refractivity contribution in [3.05, 3.63) is 35.9 Å². The van der Waals surface area contributed by atoms with E-state index in [1.165, 1.54) is 5.56 Å². The van der Waals surface area contributed by atoms with Crippen molar-refractivity contribution in [1.82, 2.24) is 10.6 Å². The van der Waals surface area contributed by atoms with E-state index in [1.807, 2.05) is 17.8 Å². The van der Waals surface area contributed by atoms with Gasteiger partial charge in [0.25, 0.3) is 0 Å². The fourth-order valence-electron chi connectivity index (χ4n) is 2.71. The Morgan fingerprint density at radius 3 is 2.68 bits per heavy atom. The van der Waals surface area contributed by atoms with Crippen LogP contribution in [0.2, 0.25) is 0 Å². The first kappa shape index (κ1) is 19.3. The van der Waals surface area contributed by atoms with Crippen LogP contribution in [0.15, 0.2) is 30.3 Å². The predicted molar refractivity (Wildman–Crippen MR) is 98.0 cm³/mol. The number of hydrogen-bond donors (Lipinski definition) is 2. The number of thioether (sulfide) groups is 1. The minimum absolute atomic E-state index is 0. The molecule has 124 valence electrons. The molecule has 5 heteroatoms. The van der Waals surface area contributed by atoms with Crippen LogP contribution >= 0.6 is 24.2 Å². The lowest BCUT2D eigenvalue weighted by molar-refractivity contribution is -0.121. The van der Waals surface area contributed by atoms with Gasteiger partial charge in [0, 0.05) is 43.0 Å². The first-order chi connectivity index (χ1) is 10.2. The van der Waals surface area contributed by atoms with E-state index in [-0.39, 0.29) is 18.3 Å². The lowest BCUT2D eigenvalue weighted by Gasteiger charge is -2.24. The topological polar surface area (TPSA) is 41.1 Å². The third-order valence-corrected chi connectivity index (χ3v) is 5.11. The second-order valence-corrected chi connectivity index (χ2v) is 7.15. The predicted octanol–water partition coefficient (Wildman–Crippen LogP) is 3.06.